The lowest BCUT2D eigenvalue weighted by Crippen LogP contribution is -2.23. The van der Waals surface area contributed by atoms with Crippen molar-refractivity contribution in [2.75, 3.05) is 5.32 Å². The Morgan fingerprint density at radius 1 is 1.15 bits per heavy atom. The maximum Gasteiger partial charge on any atom is 0.238 e. The second-order valence-electron chi connectivity index (χ2n) is 5.53. The van der Waals surface area contributed by atoms with Gasteiger partial charge < -0.3 is 5.32 Å². The highest BCUT2D eigenvalue weighted by molar-refractivity contribution is 8.00. The Kier molecular flexibility index (Phi) is 5.54. The average Bonchev–Trinajstić information content (AvgIpc) is 3.10. The number of nitrogens with two attached hydrogens (primary N) is 1. The van der Waals surface area contributed by atoms with Crippen molar-refractivity contribution in [2.24, 2.45) is 5.14 Å². The number of primary sulfonamides is 1. The van der Waals surface area contributed by atoms with Crippen LogP contribution in [0.25, 0.3) is 5.69 Å². The van der Waals surface area contributed by atoms with Crippen LogP contribution in [-0.2, 0) is 14.8 Å². The van der Waals surface area contributed by atoms with E-state index in [1.807, 2.05) is 30.3 Å². The highest BCUT2D eigenvalue weighted by Crippen LogP contribution is 2.24. The van der Waals surface area contributed by atoms with Crippen molar-refractivity contribution in [1.82, 2.24) is 20.2 Å². The molecule has 1 aromatic heterocycles. The van der Waals surface area contributed by atoms with Crippen LogP contribution in [0.5, 0.6) is 0 Å². The molecule has 3 rings (SSSR count). The first-order valence-electron chi connectivity index (χ1n) is 7.79. The zero-order chi connectivity index (χ0) is 19.4. The first-order chi connectivity index (χ1) is 12.8. The molecule has 2 aromatic carbocycles. The lowest BCUT2D eigenvalue weighted by Gasteiger charge is -2.12. The lowest BCUT2D eigenvalue weighted by molar-refractivity contribution is -0.115. The summed E-state index contributed by atoms with van der Waals surface area (Å²) in [6, 6.07) is 15.0. The number of thioether (sulfide) groups is 1. The molecule has 3 N–H and O–H groups in total. The van der Waals surface area contributed by atoms with E-state index in [4.69, 9.17) is 5.14 Å². The molecule has 11 heteroatoms. The summed E-state index contributed by atoms with van der Waals surface area (Å²) < 4.78 is 24.1. The number of para-hydroxylation sites is 1. The van der Waals surface area contributed by atoms with E-state index in [1.165, 1.54) is 36.0 Å². The molecule has 0 aliphatic heterocycles. The quantitative estimate of drug-likeness (QED) is 0.594. The summed E-state index contributed by atoms with van der Waals surface area (Å²) in [6.45, 7) is 1.72. The summed E-state index contributed by atoms with van der Waals surface area (Å²) in [5, 5.41) is 19.3. The van der Waals surface area contributed by atoms with E-state index in [9.17, 15) is 13.2 Å². The van der Waals surface area contributed by atoms with Crippen LogP contribution in [-0.4, -0.2) is 39.8 Å². The second kappa shape index (κ2) is 7.86. The Hall–Kier alpha value is -2.76. The monoisotopic (exact) mass is 404 g/mol. The van der Waals surface area contributed by atoms with Gasteiger partial charge in [0.05, 0.1) is 15.8 Å². The molecular weight excluding hydrogens is 388 g/mol. The molecule has 1 amide bonds. The van der Waals surface area contributed by atoms with Gasteiger partial charge in [0, 0.05) is 5.69 Å². The second-order valence-corrected chi connectivity index (χ2v) is 8.40. The van der Waals surface area contributed by atoms with Gasteiger partial charge in [0.15, 0.2) is 0 Å². The molecule has 0 aliphatic rings. The van der Waals surface area contributed by atoms with E-state index in [2.05, 4.69) is 20.8 Å². The van der Waals surface area contributed by atoms with Gasteiger partial charge in [-0.1, -0.05) is 30.0 Å². The molecular formula is C16H16N6O3S2. The number of carbonyl (C=O) groups excluding carboxylic acids is 1. The van der Waals surface area contributed by atoms with Crippen molar-refractivity contribution >= 4 is 33.4 Å². The Morgan fingerprint density at radius 3 is 2.44 bits per heavy atom. The van der Waals surface area contributed by atoms with Crippen molar-refractivity contribution in [3.8, 4) is 5.69 Å². The van der Waals surface area contributed by atoms with Crippen molar-refractivity contribution in [1.29, 1.82) is 0 Å². The number of hydrogen-bond donors (Lipinski definition) is 2. The number of sulfonamides is 1. The molecule has 0 fully saturated rings. The fraction of sp³-hybridized carbons (Fsp3) is 0.125. The molecule has 3 aromatic rings. The summed E-state index contributed by atoms with van der Waals surface area (Å²) in [5.41, 5.74) is 1.25. The molecule has 0 spiro atoms. The van der Waals surface area contributed by atoms with Crippen LogP contribution < -0.4 is 10.5 Å². The van der Waals surface area contributed by atoms with Gasteiger partial charge in [-0.05, 0) is 53.7 Å². The van der Waals surface area contributed by atoms with E-state index in [-0.39, 0.29) is 10.8 Å². The summed E-state index contributed by atoms with van der Waals surface area (Å²) in [6.07, 6.45) is 0. The Balaban J connectivity index is 1.68. The highest BCUT2D eigenvalue weighted by atomic mass is 32.2. The minimum Gasteiger partial charge on any atom is -0.325 e. The number of anilines is 1. The average molecular weight is 404 g/mol. The first-order valence-corrected chi connectivity index (χ1v) is 10.2. The van der Waals surface area contributed by atoms with Gasteiger partial charge in [-0.15, -0.1) is 5.10 Å². The van der Waals surface area contributed by atoms with Gasteiger partial charge in [0.1, 0.15) is 0 Å². The minimum absolute atomic E-state index is 0.0232. The molecule has 0 bridgehead atoms. The van der Waals surface area contributed by atoms with E-state index in [1.54, 1.807) is 11.6 Å². The molecule has 27 heavy (non-hydrogen) atoms. The summed E-state index contributed by atoms with van der Waals surface area (Å²) in [4.78, 5) is 12.4. The van der Waals surface area contributed by atoms with Gasteiger partial charge in [-0.3, -0.25) is 4.79 Å². The summed E-state index contributed by atoms with van der Waals surface area (Å²) in [5.74, 6) is -0.272. The number of carbonyl (C=O) groups is 1. The third-order valence-electron chi connectivity index (χ3n) is 3.54. The number of nitrogens with zero attached hydrogens (tertiary/aromatic N) is 4. The highest BCUT2D eigenvalue weighted by Gasteiger charge is 2.19. The smallest absolute Gasteiger partial charge is 0.238 e. The van der Waals surface area contributed by atoms with Gasteiger partial charge >= 0.3 is 0 Å². The number of aromatic nitrogens is 4. The number of nitrogens with one attached hydrogen (secondary N) is 1. The Morgan fingerprint density at radius 2 is 1.81 bits per heavy atom. The predicted molar refractivity (Wildman–Crippen MR) is 101 cm³/mol. The number of rotatable bonds is 6. The zero-order valence-electron chi connectivity index (χ0n) is 14.2. The van der Waals surface area contributed by atoms with Gasteiger partial charge in [-0.25, -0.2) is 13.6 Å². The van der Waals surface area contributed by atoms with Gasteiger partial charge in [-0.2, -0.15) is 4.68 Å². The number of benzene rings is 2. The third-order valence-corrected chi connectivity index (χ3v) is 5.51. The van der Waals surface area contributed by atoms with E-state index < -0.39 is 15.3 Å². The molecule has 9 nitrogen and oxygen atoms in total. The van der Waals surface area contributed by atoms with Crippen LogP contribution in [0.2, 0.25) is 0 Å². The van der Waals surface area contributed by atoms with Crippen LogP contribution in [0.1, 0.15) is 6.92 Å². The van der Waals surface area contributed by atoms with Crippen LogP contribution in [0.4, 0.5) is 5.69 Å². The number of tetrazole rings is 1. The molecule has 0 aliphatic carbocycles. The van der Waals surface area contributed by atoms with Crippen molar-refractivity contribution < 1.29 is 13.2 Å². The van der Waals surface area contributed by atoms with E-state index in [0.717, 1.165) is 5.69 Å². The SMILES string of the molecule is C[C@H](Sc1nnnn1-c1ccccc1)C(=O)Nc1ccc(S(N)(=O)=O)cc1. The van der Waals surface area contributed by atoms with Gasteiger partial charge in [0.25, 0.3) is 0 Å². The molecule has 1 heterocycles. The fourth-order valence-electron chi connectivity index (χ4n) is 2.17. The van der Waals surface area contributed by atoms with Crippen LogP contribution in [0.15, 0.2) is 64.6 Å². The molecule has 0 unspecified atom stereocenters. The zero-order valence-corrected chi connectivity index (χ0v) is 15.8. The van der Waals surface area contributed by atoms with Crippen LogP contribution in [0.3, 0.4) is 0 Å². The van der Waals surface area contributed by atoms with E-state index in [0.29, 0.717) is 10.8 Å². The lowest BCUT2D eigenvalue weighted by atomic mass is 10.3. The maximum atomic E-state index is 12.4. The standard InChI is InChI=1S/C16H16N6O3S2/c1-11(15(23)18-12-7-9-14(10-8-12)27(17,24)25)26-16-19-20-21-22(16)13-5-3-2-4-6-13/h2-11H,1H3,(H,18,23)(H2,17,24,25)/t11-/m0/s1. The Labute approximate surface area is 160 Å². The van der Waals surface area contributed by atoms with Crippen molar-refractivity contribution in [3.63, 3.8) is 0 Å². The Bertz CT molecular complexity index is 1040. The molecule has 0 saturated heterocycles. The fourth-order valence-corrected chi connectivity index (χ4v) is 3.49. The summed E-state index contributed by atoms with van der Waals surface area (Å²) in [7, 11) is -3.77. The van der Waals surface area contributed by atoms with Gasteiger partial charge in [0.2, 0.25) is 21.1 Å². The van der Waals surface area contributed by atoms with Crippen molar-refractivity contribution in [2.45, 2.75) is 22.2 Å². The molecule has 1 atom stereocenters. The third kappa shape index (κ3) is 4.70. The molecule has 0 radical (unpaired) electrons. The normalized spacial score (nSPS) is 12.5. The number of hydrogen-bond acceptors (Lipinski definition) is 7. The minimum atomic E-state index is -3.77. The number of amides is 1. The maximum absolute atomic E-state index is 12.4. The van der Waals surface area contributed by atoms with Crippen molar-refractivity contribution in [3.05, 3.63) is 54.6 Å². The van der Waals surface area contributed by atoms with Crippen LogP contribution in [0, 0.1) is 0 Å². The predicted octanol–water partition coefficient (Wildman–Crippen LogP) is 1.43. The molecule has 0 saturated carbocycles. The topological polar surface area (TPSA) is 133 Å². The van der Waals surface area contributed by atoms with E-state index >= 15 is 0 Å². The largest absolute Gasteiger partial charge is 0.325 e. The molecule has 140 valence electrons. The summed E-state index contributed by atoms with van der Waals surface area (Å²) >= 11 is 1.21. The first kappa shape index (κ1) is 19.0. The van der Waals surface area contributed by atoms with Crippen LogP contribution >= 0.6 is 11.8 Å².